The molecule has 1 aliphatic rings. The second-order valence-corrected chi connectivity index (χ2v) is 7.74. The van der Waals surface area contributed by atoms with E-state index in [0.29, 0.717) is 12.1 Å². The van der Waals surface area contributed by atoms with Crippen molar-refractivity contribution in [1.29, 1.82) is 5.26 Å². The molecule has 7 heteroatoms. The van der Waals surface area contributed by atoms with Gasteiger partial charge in [0.2, 0.25) is 0 Å². The monoisotopic (exact) mass is 410 g/mol. The number of fused-ring (bicyclic) bond motifs is 2. The van der Waals surface area contributed by atoms with Crippen LogP contribution in [0, 0.1) is 11.3 Å². The lowest BCUT2D eigenvalue weighted by molar-refractivity contribution is -0.00823. The molecule has 1 aliphatic heterocycles. The van der Waals surface area contributed by atoms with Crippen molar-refractivity contribution in [2.75, 3.05) is 29.9 Å². The third kappa shape index (κ3) is 3.86. The number of anilines is 2. The molecular formula is C24H22N6O. The molecule has 1 fully saturated rings. The molecule has 0 amide bonds. The number of hydrogen-bond donors (Lipinski definition) is 1. The van der Waals surface area contributed by atoms with Gasteiger partial charge >= 0.3 is 0 Å². The van der Waals surface area contributed by atoms with Gasteiger partial charge in [-0.25, -0.2) is 9.97 Å². The van der Waals surface area contributed by atoms with Gasteiger partial charge in [0.05, 0.1) is 23.3 Å². The Morgan fingerprint density at radius 3 is 2.87 bits per heavy atom. The largest absolute Gasteiger partial charge is 0.370 e. The summed E-state index contributed by atoms with van der Waals surface area (Å²) in [5, 5.41) is 14.8. The highest BCUT2D eigenvalue weighted by Crippen LogP contribution is 2.30. The molecule has 0 unspecified atom stereocenters. The standard InChI is InChI=1S/C24H22N6O/c1-16-14-30(21-8-6-18(12-25)23-20(21)5-3-10-26-23)15-19(31-16)13-28-22-9-7-17-4-2-11-27-24(17)29-22/h2-11,16,19H,13-15H2,1H3,(H,27,28,29)/t16-,19-/m1/s1. The summed E-state index contributed by atoms with van der Waals surface area (Å²) in [6, 6.07) is 17.9. The minimum atomic E-state index is -0.00709. The first-order valence-electron chi connectivity index (χ1n) is 10.3. The van der Waals surface area contributed by atoms with E-state index in [4.69, 9.17) is 4.74 Å². The normalized spacial score (nSPS) is 18.8. The number of rotatable bonds is 4. The van der Waals surface area contributed by atoms with Crippen molar-refractivity contribution in [3.63, 3.8) is 0 Å². The van der Waals surface area contributed by atoms with E-state index in [-0.39, 0.29) is 12.2 Å². The highest BCUT2D eigenvalue weighted by molar-refractivity contribution is 5.95. The molecule has 5 rings (SSSR count). The molecule has 1 aromatic carbocycles. The molecule has 31 heavy (non-hydrogen) atoms. The number of aromatic nitrogens is 3. The van der Waals surface area contributed by atoms with Gasteiger partial charge in [-0.15, -0.1) is 0 Å². The topological polar surface area (TPSA) is 87.0 Å². The van der Waals surface area contributed by atoms with Crippen molar-refractivity contribution in [1.82, 2.24) is 15.0 Å². The molecule has 154 valence electrons. The average Bonchev–Trinajstić information content (AvgIpc) is 2.81. The molecular weight excluding hydrogens is 388 g/mol. The minimum Gasteiger partial charge on any atom is -0.370 e. The molecule has 1 N–H and O–H groups in total. The predicted molar refractivity (Wildman–Crippen MR) is 121 cm³/mol. The summed E-state index contributed by atoms with van der Waals surface area (Å²) in [4.78, 5) is 15.7. The van der Waals surface area contributed by atoms with Crippen LogP contribution in [0.3, 0.4) is 0 Å². The van der Waals surface area contributed by atoms with Crippen molar-refractivity contribution in [2.24, 2.45) is 0 Å². The van der Waals surface area contributed by atoms with Gasteiger partial charge in [-0.1, -0.05) is 0 Å². The van der Waals surface area contributed by atoms with Gasteiger partial charge in [0.1, 0.15) is 11.9 Å². The van der Waals surface area contributed by atoms with Crippen molar-refractivity contribution in [2.45, 2.75) is 19.1 Å². The fraction of sp³-hybridized carbons (Fsp3) is 0.250. The smallest absolute Gasteiger partial charge is 0.161 e. The number of nitriles is 1. The summed E-state index contributed by atoms with van der Waals surface area (Å²) in [6.07, 6.45) is 3.55. The highest BCUT2D eigenvalue weighted by Gasteiger charge is 2.27. The zero-order chi connectivity index (χ0) is 21.2. The molecule has 0 radical (unpaired) electrons. The van der Waals surface area contributed by atoms with Crippen molar-refractivity contribution in [3.8, 4) is 6.07 Å². The van der Waals surface area contributed by atoms with Crippen LogP contribution in [0.1, 0.15) is 12.5 Å². The molecule has 0 spiro atoms. The van der Waals surface area contributed by atoms with Gasteiger partial charge < -0.3 is 15.0 Å². The number of nitrogens with zero attached hydrogens (tertiary/aromatic N) is 5. The Morgan fingerprint density at radius 2 is 1.97 bits per heavy atom. The van der Waals surface area contributed by atoms with Crippen molar-refractivity contribution in [3.05, 3.63) is 66.5 Å². The average molecular weight is 410 g/mol. The first-order chi connectivity index (χ1) is 15.2. The fourth-order valence-electron chi connectivity index (χ4n) is 4.15. The quantitative estimate of drug-likeness (QED) is 0.548. The number of benzene rings is 1. The van der Waals surface area contributed by atoms with Gasteiger partial charge in [0.25, 0.3) is 0 Å². The van der Waals surface area contributed by atoms with Crippen LogP contribution >= 0.6 is 0 Å². The van der Waals surface area contributed by atoms with Crippen molar-refractivity contribution < 1.29 is 4.74 Å². The van der Waals surface area contributed by atoms with Gasteiger partial charge in [-0.05, 0) is 55.5 Å². The van der Waals surface area contributed by atoms with E-state index in [9.17, 15) is 5.26 Å². The number of hydrogen-bond acceptors (Lipinski definition) is 7. The van der Waals surface area contributed by atoms with Crippen LogP contribution in [-0.2, 0) is 4.74 Å². The van der Waals surface area contributed by atoms with Crippen LogP contribution in [0.4, 0.5) is 11.5 Å². The minimum absolute atomic E-state index is 0.00709. The second kappa shape index (κ2) is 8.17. The van der Waals surface area contributed by atoms with Crippen LogP contribution in [-0.4, -0.2) is 46.8 Å². The van der Waals surface area contributed by atoms with Crippen LogP contribution < -0.4 is 10.2 Å². The van der Waals surface area contributed by atoms with E-state index in [1.807, 2.05) is 48.5 Å². The van der Waals surface area contributed by atoms with E-state index in [2.05, 4.69) is 38.2 Å². The van der Waals surface area contributed by atoms with Crippen LogP contribution in [0.2, 0.25) is 0 Å². The maximum Gasteiger partial charge on any atom is 0.161 e. The third-order valence-electron chi connectivity index (χ3n) is 5.51. The van der Waals surface area contributed by atoms with E-state index >= 15 is 0 Å². The Kier molecular flexibility index (Phi) is 5.06. The molecule has 2 atom stereocenters. The Labute approximate surface area is 180 Å². The van der Waals surface area contributed by atoms with Crippen LogP contribution in [0.25, 0.3) is 21.9 Å². The van der Waals surface area contributed by atoms with E-state index in [1.54, 1.807) is 12.4 Å². The summed E-state index contributed by atoms with van der Waals surface area (Å²) in [6.45, 7) is 4.24. The van der Waals surface area contributed by atoms with E-state index in [1.165, 1.54) is 0 Å². The molecule has 0 aliphatic carbocycles. The van der Waals surface area contributed by atoms with Crippen LogP contribution in [0.15, 0.2) is 60.9 Å². The van der Waals surface area contributed by atoms with Gasteiger partial charge in [-0.3, -0.25) is 4.98 Å². The summed E-state index contributed by atoms with van der Waals surface area (Å²) < 4.78 is 6.19. The number of pyridine rings is 3. The number of morpholine rings is 1. The molecule has 4 heterocycles. The van der Waals surface area contributed by atoms with E-state index < -0.39 is 0 Å². The summed E-state index contributed by atoms with van der Waals surface area (Å²) in [5.74, 6) is 0.785. The lowest BCUT2D eigenvalue weighted by Crippen LogP contribution is -2.49. The van der Waals surface area contributed by atoms with E-state index in [0.717, 1.165) is 46.5 Å². The summed E-state index contributed by atoms with van der Waals surface area (Å²) in [5.41, 5.74) is 3.14. The predicted octanol–water partition coefficient (Wildman–Crippen LogP) is 3.76. The molecule has 3 aromatic heterocycles. The second-order valence-electron chi connectivity index (χ2n) is 7.74. The number of nitrogens with one attached hydrogen (secondary N) is 1. The molecule has 0 bridgehead atoms. The Morgan fingerprint density at radius 1 is 1.10 bits per heavy atom. The third-order valence-corrected chi connectivity index (χ3v) is 5.51. The zero-order valence-electron chi connectivity index (χ0n) is 17.2. The Balaban J connectivity index is 1.36. The number of ether oxygens (including phenoxy) is 1. The van der Waals surface area contributed by atoms with Crippen LogP contribution in [0.5, 0.6) is 0 Å². The van der Waals surface area contributed by atoms with Gasteiger partial charge in [-0.2, -0.15) is 5.26 Å². The molecule has 7 nitrogen and oxygen atoms in total. The highest BCUT2D eigenvalue weighted by atomic mass is 16.5. The lowest BCUT2D eigenvalue weighted by Gasteiger charge is -2.38. The lowest BCUT2D eigenvalue weighted by atomic mass is 10.1. The maximum atomic E-state index is 9.42. The molecule has 0 saturated carbocycles. The Bertz CT molecular complexity index is 1280. The first-order valence-corrected chi connectivity index (χ1v) is 10.3. The fourth-order valence-corrected chi connectivity index (χ4v) is 4.15. The molecule has 1 saturated heterocycles. The van der Waals surface area contributed by atoms with Gasteiger partial charge in [0, 0.05) is 48.5 Å². The zero-order valence-corrected chi connectivity index (χ0v) is 17.2. The SMILES string of the molecule is C[C@@H]1CN(c2ccc(C#N)c3ncccc23)C[C@@H](CNc2ccc3cccnc3n2)O1. The van der Waals surface area contributed by atoms with Gasteiger partial charge in [0.15, 0.2) is 5.65 Å². The summed E-state index contributed by atoms with van der Waals surface area (Å²) in [7, 11) is 0. The molecule has 4 aromatic rings. The maximum absolute atomic E-state index is 9.42. The Hall–Kier alpha value is -3.76. The van der Waals surface area contributed by atoms with Crippen molar-refractivity contribution >= 4 is 33.4 Å². The first kappa shape index (κ1) is 19.2. The summed E-state index contributed by atoms with van der Waals surface area (Å²) >= 11 is 0.